The Kier molecular flexibility index (Phi) is 4.40. The van der Waals surface area contributed by atoms with Crippen LogP contribution in [0.4, 0.5) is 5.69 Å². The summed E-state index contributed by atoms with van der Waals surface area (Å²) in [5, 5.41) is 14.5. The Morgan fingerprint density at radius 3 is 3.05 bits per heavy atom. The fourth-order valence-corrected chi connectivity index (χ4v) is 2.55. The normalized spacial score (nSPS) is 10.6. The van der Waals surface area contributed by atoms with E-state index in [0.29, 0.717) is 15.9 Å². The van der Waals surface area contributed by atoms with E-state index in [2.05, 4.69) is 25.6 Å². The predicted molar refractivity (Wildman–Crippen MR) is 84.3 cm³/mol. The van der Waals surface area contributed by atoms with Gasteiger partial charge in [-0.15, -0.1) is 0 Å². The fourth-order valence-electron chi connectivity index (χ4n) is 1.75. The minimum Gasteiger partial charge on any atom is -0.323 e. The molecule has 2 aromatic heterocycles. The summed E-state index contributed by atoms with van der Waals surface area (Å²) < 4.78 is 1.61. The fraction of sp³-hybridized carbons (Fsp3) is 0.0769. The summed E-state index contributed by atoms with van der Waals surface area (Å²) in [6.07, 6.45) is 4.67. The molecule has 0 radical (unpaired) electrons. The third-order valence-electron chi connectivity index (χ3n) is 2.70. The molecular weight excluding hydrogens is 324 g/mol. The third-order valence-corrected chi connectivity index (χ3v) is 3.89. The smallest absolute Gasteiger partial charge is 0.234 e. The molecule has 0 aliphatic carbocycles. The molecule has 0 saturated carbocycles. The van der Waals surface area contributed by atoms with Crippen molar-refractivity contribution in [2.45, 2.75) is 5.16 Å². The highest BCUT2D eigenvalue weighted by atomic mass is 35.5. The van der Waals surface area contributed by atoms with E-state index in [9.17, 15) is 4.79 Å². The Labute approximate surface area is 135 Å². The molecule has 2 N–H and O–H groups in total. The average molecular weight is 335 g/mol. The molecule has 0 fully saturated rings. The van der Waals surface area contributed by atoms with E-state index in [1.54, 1.807) is 23.1 Å². The molecule has 9 heteroatoms. The second-order valence-corrected chi connectivity index (χ2v) is 5.62. The Morgan fingerprint density at radius 1 is 1.41 bits per heavy atom. The van der Waals surface area contributed by atoms with Crippen molar-refractivity contribution in [2.24, 2.45) is 0 Å². The number of carbonyl (C=O) groups is 1. The number of rotatable bonds is 5. The zero-order chi connectivity index (χ0) is 15.4. The molecule has 0 aliphatic heterocycles. The maximum Gasteiger partial charge on any atom is 0.234 e. The number of aromatic amines is 1. The van der Waals surface area contributed by atoms with Gasteiger partial charge in [-0.2, -0.15) is 10.2 Å². The topological polar surface area (TPSA) is 88.5 Å². The van der Waals surface area contributed by atoms with Gasteiger partial charge in [0, 0.05) is 0 Å². The van der Waals surface area contributed by atoms with Gasteiger partial charge in [0.2, 0.25) is 5.91 Å². The number of benzene rings is 1. The van der Waals surface area contributed by atoms with Crippen LogP contribution in [-0.2, 0) is 4.79 Å². The summed E-state index contributed by atoms with van der Waals surface area (Å²) in [6.45, 7) is 0. The number of hydrogen-bond acceptors (Lipinski definition) is 5. The first-order chi connectivity index (χ1) is 10.7. The molecule has 0 aliphatic rings. The molecule has 7 nitrogen and oxygen atoms in total. The summed E-state index contributed by atoms with van der Waals surface area (Å²) in [5.41, 5.74) is 1.35. The molecule has 3 rings (SSSR count). The van der Waals surface area contributed by atoms with Gasteiger partial charge < -0.3 is 5.32 Å². The van der Waals surface area contributed by atoms with E-state index in [0.717, 1.165) is 5.69 Å². The summed E-state index contributed by atoms with van der Waals surface area (Å²) in [7, 11) is 0. The Bertz CT molecular complexity index is 772. The highest BCUT2D eigenvalue weighted by Crippen LogP contribution is 2.20. The lowest BCUT2D eigenvalue weighted by molar-refractivity contribution is -0.113. The van der Waals surface area contributed by atoms with Crippen LogP contribution < -0.4 is 5.32 Å². The van der Waals surface area contributed by atoms with E-state index in [4.69, 9.17) is 11.6 Å². The van der Waals surface area contributed by atoms with Crippen LogP contribution in [0.25, 0.3) is 5.69 Å². The van der Waals surface area contributed by atoms with E-state index in [1.165, 1.54) is 18.1 Å². The average Bonchev–Trinajstić information content (AvgIpc) is 3.17. The third kappa shape index (κ3) is 3.46. The summed E-state index contributed by atoms with van der Waals surface area (Å²) in [6, 6.07) is 7.35. The number of nitrogens with one attached hydrogen (secondary N) is 2. The first kappa shape index (κ1) is 14.6. The highest BCUT2D eigenvalue weighted by molar-refractivity contribution is 7.99. The largest absolute Gasteiger partial charge is 0.323 e. The number of amides is 1. The molecule has 1 amide bonds. The summed E-state index contributed by atoms with van der Waals surface area (Å²) in [4.78, 5) is 15.8. The number of thioether (sulfide) groups is 1. The number of halogens is 1. The van der Waals surface area contributed by atoms with Crippen molar-refractivity contribution in [3.63, 3.8) is 0 Å². The van der Waals surface area contributed by atoms with Gasteiger partial charge in [0.1, 0.15) is 6.33 Å². The van der Waals surface area contributed by atoms with E-state index in [1.807, 2.05) is 18.2 Å². The Hall–Kier alpha value is -2.32. The van der Waals surface area contributed by atoms with Crippen molar-refractivity contribution >= 4 is 35.0 Å². The molecule has 0 spiro atoms. The standard InChI is InChI=1S/C13H11ClN6OS/c14-10-3-1-2-4-11(10)20-6-9(5-17-20)18-12(21)7-22-13-15-8-16-19-13/h1-6,8H,7H2,(H,18,21)(H,15,16,19). The monoisotopic (exact) mass is 334 g/mol. The number of carbonyl (C=O) groups excluding carboxylic acids is 1. The van der Waals surface area contributed by atoms with Crippen molar-refractivity contribution in [3.8, 4) is 5.69 Å². The van der Waals surface area contributed by atoms with Gasteiger partial charge in [-0.1, -0.05) is 35.5 Å². The molecule has 0 atom stereocenters. The van der Waals surface area contributed by atoms with Crippen molar-refractivity contribution in [3.05, 3.63) is 48.0 Å². The first-order valence-electron chi connectivity index (χ1n) is 6.30. The van der Waals surface area contributed by atoms with Gasteiger partial charge in [-0.05, 0) is 12.1 Å². The van der Waals surface area contributed by atoms with Crippen molar-refractivity contribution in [1.82, 2.24) is 25.0 Å². The van der Waals surface area contributed by atoms with Crippen molar-refractivity contribution in [1.29, 1.82) is 0 Å². The Morgan fingerprint density at radius 2 is 2.27 bits per heavy atom. The highest BCUT2D eigenvalue weighted by Gasteiger charge is 2.08. The van der Waals surface area contributed by atoms with Crippen molar-refractivity contribution in [2.75, 3.05) is 11.1 Å². The van der Waals surface area contributed by atoms with E-state index < -0.39 is 0 Å². The lowest BCUT2D eigenvalue weighted by atomic mass is 10.3. The molecule has 2 heterocycles. The number of H-pyrrole nitrogens is 1. The second-order valence-electron chi connectivity index (χ2n) is 4.25. The number of hydrogen-bond donors (Lipinski definition) is 2. The molecule has 0 saturated heterocycles. The van der Waals surface area contributed by atoms with E-state index >= 15 is 0 Å². The van der Waals surface area contributed by atoms with Crippen LogP contribution >= 0.6 is 23.4 Å². The molecule has 0 unspecified atom stereocenters. The number of para-hydroxylation sites is 1. The molecule has 1 aromatic carbocycles. The quantitative estimate of drug-likeness (QED) is 0.699. The van der Waals surface area contributed by atoms with Gasteiger partial charge in [-0.25, -0.2) is 9.67 Å². The van der Waals surface area contributed by atoms with E-state index in [-0.39, 0.29) is 11.7 Å². The molecular formula is C13H11ClN6OS. The zero-order valence-electron chi connectivity index (χ0n) is 11.2. The number of aromatic nitrogens is 5. The van der Waals surface area contributed by atoms with Gasteiger partial charge in [0.15, 0.2) is 5.16 Å². The van der Waals surface area contributed by atoms with Gasteiger partial charge in [0.05, 0.1) is 34.5 Å². The zero-order valence-corrected chi connectivity index (χ0v) is 12.8. The summed E-state index contributed by atoms with van der Waals surface area (Å²) in [5.74, 6) is 0.0760. The van der Waals surface area contributed by atoms with Crippen LogP contribution in [-0.4, -0.2) is 36.6 Å². The lowest BCUT2D eigenvalue weighted by Crippen LogP contribution is -2.13. The maximum absolute atomic E-state index is 11.9. The molecule has 3 aromatic rings. The number of nitrogens with zero attached hydrogens (tertiary/aromatic N) is 4. The van der Waals surface area contributed by atoms with Crippen molar-refractivity contribution < 1.29 is 4.79 Å². The lowest BCUT2D eigenvalue weighted by Gasteiger charge is -2.03. The summed E-state index contributed by atoms with van der Waals surface area (Å²) >= 11 is 7.38. The van der Waals surface area contributed by atoms with Crippen LogP contribution in [0.15, 0.2) is 48.1 Å². The molecule has 0 bridgehead atoms. The minimum absolute atomic E-state index is 0.153. The van der Waals surface area contributed by atoms with Gasteiger partial charge >= 0.3 is 0 Å². The van der Waals surface area contributed by atoms with Gasteiger partial charge in [0.25, 0.3) is 0 Å². The maximum atomic E-state index is 11.9. The van der Waals surface area contributed by atoms with Crippen LogP contribution in [0, 0.1) is 0 Å². The Balaban J connectivity index is 1.62. The first-order valence-corrected chi connectivity index (χ1v) is 7.66. The van der Waals surface area contributed by atoms with Gasteiger partial charge in [-0.3, -0.25) is 9.89 Å². The van der Waals surface area contributed by atoms with Crippen LogP contribution in [0.5, 0.6) is 0 Å². The van der Waals surface area contributed by atoms with Crippen LogP contribution in [0.3, 0.4) is 0 Å². The van der Waals surface area contributed by atoms with Crippen LogP contribution in [0.1, 0.15) is 0 Å². The van der Waals surface area contributed by atoms with Crippen LogP contribution in [0.2, 0.25) is 5.02 Å². The predicted octanol–water partition coefficient (Wildman–Crippen LogP) is 2.37. The SMILES string of the molecule is O=C(CSc1ncn[nH]1)Nc1cnn(-c2ccccc2Cl)c1. The second kappa shape index (κ2) is 6.63. The number of anilines is 1. The molecule has 112 valence electrons. The molecule has 22 heavy (non-hydrogen) atoms. The minimum atomic E-state index is -0.153.